The van der Waals surface area contributed by atoms with Crippen molar-refractivity contribution >= 4 is 46.6 Å². The average Bonchev–Trinajstić information content (AvgIpc) is 3.05. The Morgan fingerprint density at radius 2 is 2.08 bits per heavy atom. The second-order valence-corrected chi connectivity index (χ2v) is 7.07. The molecule has 0 unspecified atom stereocenters. The van der Waals surface area contributed by atoms with Gasteiger partial charge in [-0.05, 0) is 36.8 Å². The highest BCUT2D eigenvalue weighted by Crippen LogP contribution is 2.27. The van der Waals surface area contributed by atoms with Crippen LogP contribution in [0.4, 0.5) is 5.69 Å². The van der Waals surface area contributed by atoms with Gasteiger partial charge in [0.1, 0.15) is 0 Å². The lowest BCUT2D eigenvalue weighted by Crippen LogP contribution is -2.13. The van der Waals surface area contributed by atoms with Crippen LogP contribution >= 0.6 is 35.0 Å². The predicted octanol–water partition coefficient (Wildman–Crippen LogP) is 5.69. The largest absolute Gasteiger partial charge is 0.431 e. The van der Waals surface area contributed by atoms with Gasteiger partial charge in [0.2, 0.25) is 5.91 Å². The van der Waals surface area contributed by atoms with Crippen molar-refractivity contribution in [2.24, 2.45) is 0 Å². The third kappa shape index (κ3) is 4.78. The Hall–Kier alpha value is -1.95. The molecule has 1 N–H and O–H groups in total. The molecule has 0 saturated carbocycles. The normalized spacial score (nSPS) is 10.7. The molecule has 3 aromatic rings. The van der Waals surface area contributed by atoms with Gasteiger partial charge >= 0.3 is 0 Å². The molecule has 0 bridgehead atoms. The van der Waals surface area contributed by atoms with Crippen LogP contribution in [0.5, 0.6) is 0 Å². The third-order valence-electron chi connectivity index (χ3n) is 3.38. The van der Waals surface area contributed by atoms with E-state index in [0.29, 0.717) is 26.7 Å². The number of hydrogen-bond donors (Lipinski definition) is 1. The maximum Gasteiger partial charge on any atom is 0.256 e. The van der Waals surface area contributed by atoms with Crippen molar-refractivity contribution in [2.75, 3.05) is 11.1 Å². The number of nitrogens with one attached hydrogen (secondary N) is 1. The number of thioether (sulfide) groups is 1. The standard InChI is InChI=1S/C18H14Cl2N2O2S/c1-11-5-6-14(8-15(11)20)22-17(23)10-25-18-21-9-16(24-18)12-3-2-4-13(19)7-12/h2-9H,10H2,1H3,(H,22,23). The molecule has 0 radical (unpaired) electrons. The molecule has 2 aromatic carbocycles. The van der Waals surface area contributed by atoms with Crippen LogP contribution in [0.25, 0.3) is 11.3 Å². The molecule has 128 valence electrons. The number of anilines is 1. The van der Waals surface area contributed by atoms with Crippen molar-refractivity contribution in [1.82, 2.24) is 4.98 Å². The molecule has 0 aliphatic heterocycles. The molecular weight excluding hydrogens is 379 g/mol. The van der Waals surface area contributed by atoms with Gasteiger partial charge < -0.3 is 9.73 Å². The Balaban J connectivity index is 1.58. The summed E-state index contributed by atoms with van der Waals surface area (Å²) in [6, 6.07) is 12.7. The zero-order valence-corrected chi connectivity index (χ0v) is 15.6. The molecule has 1 amide bonds. The van der Waals surface area contributed by atoms with E-state index in [1.165, 1.54) is 11.8 Å². The van der Waals surface area contributed by atoms with Crippen LogP contribution in [0.2, 0.25) is 10.0 Å². The number of carbonyl (C=O) groups is 1. The fourth-order valence-corrected chi connectivity index (χ4v) is 3.07. The minimum Gasteiger partial charge on any atom is -0.431 e. The number of nitrogens with zero attached hydrogens (tertiary/aromatic N) is 1. The lowest BCUT2D eigenvalue weighted by atomic mass is 10.2. The zero-order valence-electron chi connectivity index (χ0n) is 13.3. The molecule has 3 rings (SSSR count). The van der Waals surface area contributed by atoms with Gasteiger partial charge in [-0.15, -0.1) is 0 Å². The molecule has 4 nitrogen and oxygen atoms in total. The Morgan fingerprint density at radius 1 is 1.24 bits per heavy atom. The van der Waals surface area contributed by atoms with E-state index in [4.69, 9.17) is 27.6 Å². The summed E-state index contributed by atoms with van der Waals surface area (Å²) in [4.78, 5) is 16.2. The minimum absolute atomic E-state index is 0.160. The van der Waals surface area contributed by atoms with E-state index in [9.17, 15) is 4.79 Å². The van der Waals surface area contributed by atoms with E-state index < -0.39 is 0 Å². The highest BCUT2D eigenvalue weighted by molar-refractivity contribution is 7.99. The van der Waals surface area contributed by atoms with E-state index in [1.807, 2.05) is 31.2 Å². The highest BCUT2D eigenvalue weighted by Gasteiger charge is 2.10. The number of hydrogen-bond acceptors (Lipinski definition) is 4. The van der Waals surface area contributed by atoms with Crippen LogP contribution in [0.3, 0.4) is 0 Å². The summed E-state index contributed by atoms with van der Waals surface area (Å²) < 4.78 is 5.65. The first-order valence-electron chi connectivity index (χ1n) is 7.42. The maximum absolute atomic E-state index is 12.0. The van der Waals surface area contributed by atoms with Gasteiger partial charge in [-0.1, -0.05) is 53.2 Å². The molecule has 0 aliphatic rings. The monoisotopic (exact) mass is 392 g/mol. The topological polar surface area (TPSA) is 55.1 Å². The van der Waals surface area contributed by atoms with Crippen LogP contribution in [-0.4, -0.2) is 16.6 Å². The van der Waals surface area contributed by atoms with Crippen molar-refractivity contribution in [3.05, 3.63) is 64.3 Å². The van der Waals surface area contributed by atoms with E-state index in [0.717, 1.165) is 11.1 Å². The Kier molecular flexibility index (Phi) is 5.68. The fraction of sp³-hybridized carbons (Fsp3) is 0.111. The van der Waals surface area contributed by atoms with Crippen LogP contribution in [0.15, 0.2) is 58.3 Å². The Bertz CT molecular complexity index is 912. The second kappa shape index (κ2) is 7.95. The zero-order chi connectivity index (χ0) is 17.8. The van der Waals surface area contributed by atoms with Gasteiger partial charge in [-0.2, -0.15) is 0 Å². The number of amides is 1. The van der Waals surface area contributed by atoms with Crippen molar-refractivity contribution in [3.8, 4) is 11.3 Å². The van der Waals surface area contributed by atoms with E-state index >= 15 is 0 Å². The van der Waals surface area contributed by atoms with Crippen molar-refractivity contribution in [1.29, 1.82) is 0 Å². The van der Waals surface area contributed by atoms with Crippen LogP contribution in [0.1, 0.15) is 5.56 Å². The minimum atomic E-state index is -0.160. The third-order valence-corrected chi connectivity index (χ3v) is 4.86. The summed E-state index contributed by atoms with van der Waals surface area (Å²) in [5.41, 5.74) is 2.46. The van der Waals surface area contributed by atoms with Gasteiger partial charge in [-0.25, -0.2) is 4.98 Å². The van der Waals surface area contributed by atoms with Crippen LogP contribution in [-0.2, 0) is 4.79 Å². The summed E-state index contributed by atoms with van der Waals surface area (Å²) in [7, 11) is 0. The van der Waals surface area contributed by atoms with Crippen molar-refractivity contribution < 1.29 is 9.21 Å². The molecule has 1 heterocycles. The number of aromatic nitrogens is 1. The number of oxazole rings is 1. The smallest absolute Gasteiger partial charge is 0.256 e. The first-order chi connectivity index (χ1) is 12.0. The highest BCUT2D eigenvalue weighted by atomic mass is 35.5. The van der Waals surface area contributed by atoms with Gasteiger partial charge in [-0.3, -0.25) is 4.79 Å². The maximum atomic E-state index is 12.0. The number of carbonyl (C=O) groups excluding carboxylic acids is 1. The quantitative estimate of drug-likeness (QED) is 0.566. The molecule has 7 heteroatoms. The lowest BCUT2D eigenvalue weighted by molar-refractivity contribution is -0.113. The van der Waals surface area contributed by atoms with Gasteiger partial charge in [0.15, 0.2) is 5.76 Å². The Labute approximate surface area is 159 Å². The fourth-order valence-electron chi connectivity index (χ4n) is 2.10. The lowest BCUT2D eigenvalue weighted by Gasteiger charge is -2.06. The van der Waals surface area contributed by atoms with E-state index in [2.05, 4.69) is 10.3 Å². The molecule has 0 fully saturated rings. The van der Waals surface area contributed by atoms with Gasteiger partial charge in [0.05, 0.1) is 11.9 Å². The van der Waals surface area contributed by atoms with Crippen molar-refractivity contribution in [2.45, 2.75) is 12.1 Å². The van der Waals surface area contributed by atoms with Gasteiger partial charge in [0, 0.05) is 21.3 Å². The molecule has 0 atom stereocenters. The van der Waals surface area contributed by atoms with Crippen molar-refractivity contribution in [3.63, 3.8) is 0 Å². The second-order valence-electron chi connectivity index (χ2n) is 5.30. The number of benzene rings is 2. The average molecular weight is 393 g/mol. The van der Waals surface area contributed by atoms with Crippen LogP contribution in [0, 0.1) is 6.92 Å². The molecule has 1 aromatic heterocycles. The summed E-state index contributed by atoms with van der Waals surface area (Å²) >= 11 is 13.2. The number of aryl methyl sites for hydroxylation is 1. The first kappa shape index (κ1) is 17.9. The summed E-state index contributed by atoms with van der Waals surface area (Å²) in [5, 5.41) is 4.46. The molecule has 0 saturated heterocycles. The van der Waals surface area contributed by atoms with E-state index in [1.54, 1.807) is 24.4 Å². The molecule has 0 aliphatic carbocycles. The molecule has 25 heavy (non-hydrogen) atoms. The molecular formula is C18H14Cl2N2O2S. The first-order valence-corrected chi connectivity index (χ1v) is 9.16. The van der Waals surface area contributed by atoms with Gasteiger partial charge in [0.25, 0.3) is 5.22 Å². The van der Waals surface area contributed by atoms with E-state index in [-0.39, 0.29) is 11.7 Å². The summed E-state index contributed by atoms with van der Waals surface area (Å²) in [6.07, 6.45) is 1.62. The SMILES string of the molecule is Cc1ccc(NC(=O)CSc2ncc(-c3cccc(Cl)c3)o2)cc1Cl. The van der Waals surface area contributed by atoms with Crippen LogP contribution < -0.4 is 5.32 Å². The predicted molar refractivity (Wildman–Crippen MR) is 102 cm³/mol. The summed E-state index contributed by atoms with van der Waals surface area (Å²) in [5.74, 6) is 0.629. The molecule has 0 spiro atoms. The number of rotatable bonds is 5. The Morgan fingerprint density at radius 3 is 2.84 bits per heavy atom. The summed E-state index contributed by atoms with van der Waals surface area (Å²) in [6.45, 7) is 1.91. The number of halogens is 2.